The molecule has 0 fully saturated rings. The summed E-state index contributed by atoms with van der Waals surface area (Å²) in [5.41, 5.74) is 1.34. The lowest BCUT2D eigenvalue weighted by molar-refractivity contribution is -0.122. The van der Waals surface area contributed by atoms with Gasteiger partial charge in [0.15, 0.2) is 0 Å². The Morgan fingerprint density at radius 3 is 2.56 bits per heavy atom. The molecule has 4 nitrogen and oxygen atoms in total. The van der Waals surface area contributed by atoms with Crippen molar-refractivity contribution in [1.82, 2.24) is 5.32 Å². The van der Waals surface area contributed by atoms with E-state index in [4.69, 9.17) is 11.6 Å². The molecule has 4 rings (SSSR count). The second kappa shape index (κ2) is 8.82. The number of hydrogen-bond acceptors (Lipinski definition) is 2. The third kappa shape index (κ3) is 4.30. The number of carbonyl (C=O) groups is 2. The van der Waals surface area contributed by atoms with Gasteiger partial charge in [0.1, 0.15) is 17.5 Å². The number of amides is 2. The Hall–Kier alpha value is -3.06. The van der Waals surface area contributed by atoms with E-state index >= 15 is 0 Å². The van der Waals surface area contributed by atoms with Crippen LogP contribution < -0.4 is 10.2 Å². The summed E-state index contributed by atoms with van der Waals surface area (Å²) in [4.78, 5) is 27.2. The van der Waals surface area contributed by atoms with Crippen molar-refractivity contribution in [2.75, 3.05) is 11.4 Å². The molecule has 32 heavy (non-hydrogen) atoms. The monoisotopic (exact) mass is 460 g/mol. The van der Waals surface area contributed by atoms with Crippen LogP contribution >= 0.6 is 11.6 Å². The maximum absolute atomic E-state index is 13.8. The van der Waals surface area contributed by atoms with Gasteiger partial charge < -0.3 is 10.2 Å². The summed E-state index contributed by atoms with van der Waals surface area (Å²) in [7, 11) is 0. The Morgan fingerprint density at radius 1 is 1.19 bits per heavy atom. The first-order valence-electron chi connectivity index (χ1n) is 10.1. The first kappa shape index (κ1) is 22.1. The number of halogens is 4. The molecular formula is C24H20ClF3N2O2. The number of carbonyl (C=O) groups excluding carboxylic acids is 2. The van der Waals surface area contributed by atoms with E-state index in [1.165, 1.54) is 0 Å². The van der Waals surface area contributed by atoms with Crippen molar-refractivity contribution in [1.29, 1.82) is 0 Å². The molecule has 1 aliphatic carbocycles. The molecule has 2 aromatic carbocycles. The van der Waals surface area contributed by atoms with E-state index in [9.17, 15) is 22.8 Å². The smallest absolute Gasteiger partial charge is 0.251 e. The average Bonchev–Trinajstić information content (AvgIpc) is 3.14. The number of nitrogens with zero attached hydrogens (tertiary/aromatic N) is 1. The zero-order valence-corrected chi connectivity index (χ0v) is 17.9. The number of rotatable bonds is 5. The molecule has 0 aromatic heterocycles. The summed E-state index contributed by atoms with van der Waals surface area (Å²) in [6, 6.07) is 6.11. The van der Waals surface area contributed by atoms with Crippen molar-refractivity contribution in [3.8, 4) is 0 Å². The van der Waals surface area contributed by atoms with Crippen LogP contribution in [0, 0.1) is 29.3 Å². The minimum absolute atomic E-state index is 0.0599. The van der Waals surface area contributed by atoms with Crippen molar-refractivity contribution in [3.05, 3.63) is 87.7 Å². The third-order valence-electron chi connectivity index (χ3n) is 5.72. The first-order chi connectivity index (χ1) is 15.2. The van der Waals surface area contributed by atoms with Crippen LogP contribution in [0.5, 0.6) is 0 Å². The van der Waals surface area contributed by atoms with E-state index in [2.05, 4.69) is 5.32 Å². The Bertz CT molecular complexity index is 1140. The van der Waals surface area contributed by atoms with Crippen LogP contribution in [0.2, 0.25) is 0 Å². The average molecular weight is 461 g/mol. The highest BCUT2D eigenvalue weighted by molar-refractivity contribution is 6.30. The largest absolute Gasteiger partial charge is 0.348 e. The predicted molar refractivity (Wildman–Crippen MR) is 116 cm³/mol. The molecule has 1 aliphatic heterocycles. The first-order valence-corrected chi connectivity index (χ1v) is 10.5. The molecule has 2 amide bonds. The van der Waals surface area contributed by atoms with Gasteiger partial charge >= 0.3 is 0 Å². The molecule has 2 aliphatic rings. The van der Waals surface area contributed by atoms with Crippen molar-refractivity contribution in [2.45, 2.75) is 19.9 Å². The number of fused-ring (bicyclic) bond motifs is 1. The highest BCUT2D eigenvalue weighted by Crippen LogP contribution is 2.34. The fourth-order valence-corrected chi connectivity index (χ4v) is 4.19. The van der Waals surface area contributed by atoms with Gasteiger partial charge in [0.05, 0.1) is 0 Å². The van der Waals surface area contributed by atoms with Gasteiger partial charge in [-0.15, -0.1) is 0 Å². The van der Waals surface area contributed by atoms with E-state index < -0.39 is 35.5 Å². The molecule has 0 radical (unpaired) electrons. The molecule has 8 heteroatoms. The van der Waals surface area contributed by atoms with Crippen LogP contribution in [0.1, 0.15) is 28.4 Å². The Labute approximate surface area is 188 Å². The normalized spacial score (nSPS) is 19.7. The molecule has 0 saturated heterocycles. The SMILES string of the molecule is CC1Cc2ccc(C(=O)NCc3c(F)cc(F)cc3F)cc2N(CC2C=CC=C2Cl)C1=O. The predicted octanol–water partition coefficient (Wildman–Crippen LogP) is 4.87. The zero-order chi connectivity index (χ0) is 23.0. The second-order valence-electron chi connectivity index (χ2n) is 7.97. The maximum Gasteiger partial charge on any atom is 0.251 e. The molecule has 0 spiro atoms. The van der Waals surface area contributed by atoms with Gasteiger partial charge in [-0.25, -0.2) is 13.2 Å². The highest BCUT2D eigenvalue weighted by Gasteiger charge is 2.32. The summed E-state index contributed by atoms with van der Waals surface area (Å²) in [6.45, 7) is 1.76. The number of benzene rings is 2. The number of allylic oxidation sites excluding steroid dienone is 2. The molecule has 2 aromatic rings. The van der Waals surface area contributed by atoms with Gasteiger partial charge in [-0.2, -0.15) is 0 Å². The quantitative estimate of drug-likeness (QED) is 0.692. The highest BCUT2D eigenvalue weighted by atomic mass is 35.5. The minimum Gasteiger partial charge on any atom is -0.348 e. The van der Waals surface area contributed by atoms with Gasteiger partial charge in [0, 0.05) is 58.9 Å². The summed E-state index contributed by atoms with van der Waals surface area (Å²) < 4.78 is 40.8. The lowest BCUT2D eigenvalue weighted by atomic mass is 9.91. The van der Waals surface area contributed by atoms with E-state index in [1.807, 2.05) is 19.1 Å². The maximum atomic E-state index is 13.8. The van der Waals surface area contributed by atoms with Crippen LogP contribution in [-0.2, 0) is 17.8 Å². The number of hydrogen-bond donors (Lipinski definition) is 1. The van der Waals surface area contributed by atoms with E-state index in [1.54, 1.807) is 29.2 Å². The van der Waals surface area contributed by atoms with Crippen molar-refractivity contribution in [2.24, 2.45) is 11.8 Å². The van der Waals surface area contributed by atoms with E-state index in [-0.39, 0.29) is 23.3 Å². The lowest BCUT2D eigenvalue weighted by Crippen LogP contribution is -2.43. The fourth-order valence-electron chi connectivity index (χ4n) is 3.97. The van der Waals surface area contributed by atoms with Crippen molar-refractivity contribution >= 4 is 29.1 Å². The van der Waals surface area contributed by atoms with Crippen molar-refractivity contribution in [3.63, 3.8) is 0 Å². The molecule has 2 unspecified atom stereocenters. The van der Waals surface area contributed by atoms with Gasteiger partial charge in [-0.05, 0) is 30.2 Å². The lowest BCUT2D eigenvalue weighted by Gasteiger charge is -2.34. The topological polar surface area (TPSA) is 49.4 Å². The zero-order valence-electron chi connectivity index (χ0n) is 17.2. The molecule has 2 atom stereocenters. The van der Waals surface area contributed by atoms with Crippen LogP contribution in [0.15, 0.2) is 53.6 Å². The number of anilines is 1. The van der Waals surface area contributed by atoms with Gasteiger partial charge in [0.25, 0.3) is 5.91 Å². The summed E-state index contributed by atoms with van der Waals surface area (Å²) >= 11 is 6.24. The van der Waals surface area contributed by atoms with Gasteiger partial charge in [-0.3, -0.25) is 9.59 Å². The molecule has 0 bridgehead atoms. The summed E-state index contributed by atoms with van der Waals surface area (Å²) in [5, 5.41) is 3.09. The summed E-state index contributed by atoms with van der Waals surface area (Å²) in [6.07, 6.45) is 6.07. The Balaban J connectivity index is 1.56. The van der Waals surface area contributed by atoms with Crippen LogP contribution in [0.4, 0.5) is 18.9 Å². The Morgan fingerprint density at radius 2 is 1.91 bits per heavy atom. The second-order valence-corrected chi connectivity index (χ2v) is 8.41. The molecule has 1 heterocycles. The molecule has 166 valence electrons. The Kier molecular flexibility index (Phi) is 6.11. The minimum atomic E-state index is -1.08. The molecular weight excluding hydrogens is 441 g/mol. The van der Waals surface area contributed by atoms with Crippen LogP contribution in [0.25, 0.3) is 0 Å². The van der Waals surface area contributed by atoms with Gasteiger partial charge in [0.2, 0.25) is 5.91 Å². The van der Waals surface area contributed by atoms with Gasteiger partial charge in [-0.1, -0.05) is 36.7 Å². The molecule has 1 N–H and O–H groups in total. The standard InChI is InChI=1S/C24H20ClF3N2O2/c1-13-7-14-5-6-15(23(31)29-11-18-20(27)9-17(26)10-21(18)28)8-22(14)30(24(13)32)12-16-3-2-4-19(16)25/h2-6,8-10,13,16H,7,11-12H2,1H3,(H,29,31). The fraction of sp³-hybridized carbons (Fsp3) is 0.250. The van der Waals surface area contributed by atoms with Crippen molar-refractivity contribution < 1.29 is 22.8 Å². The third-order valence-corrected chi connectivity index (χ3v) is 6.12. The number of nitrogens with one attached hydrogen (secondary N) is 1. The van der Waals surface area contributed by atoms with Crippen LogP contribution in [0.3, 0.4) is 0 Å². The van der Waals surface area contributed by atoms with Crippen LogP contribution in [-0.4, -0.2) is 18.4 Å². The van der Waals surface area contributed by atoms with E-state index in [0.29, 0.717) is 35.8 Å². The summed E-state index contributed by atoms with van der Waals surface area (Å²) in [5.74, 6) is -4.14. The van der Waals surface area contributed by atoms with E-state index in [0.717, 1.165) is 5.56 Å². The molecule has 0 saturated carbocycles.